The minimum absolute atomic E-state index is 0. The van der Waals surface area contributed by atoms with E-state index in [4.69, 9.17) is 4.74 Å². The number of ether oxygens (including phenoxy) is 1. The SMILES string of the molecule is CC(=O)Oc1ccsc1.[SrH2]. The van der Waals surface area contributed by atoms with Crippen molar-refractivity contribution in [1.29, 1.82) is 0 Å². The number of carbonyl (C=O) groups excluding carboxylic acids is 1. The van der Waals surface area contributed by atoms with Crippen LogP contribution in [0.1, 0.15) is 6.92 Å². The number of hydrogen-bond acceptors (Lipinski definition) is 3. The second kappa shape index (κ2) is 5.32. The van der Waals surface area contributed by atoms with Gasteiger partial charge in [-0.15, -0.1) is 11.3 Å². The van der Waals surface area contributed by atoms with Crippen molar-refractivity contribution in [3.05, 3.63) is 16.8 Å². The summed E-state index contributed by atoms with van der Waals surface area (Å²) in [6, 6.07) is 1.76. The molecule has 0 unspecified atom stereocenters. The first kappa shape index (κ1) is 10.7. The molecule has 10 heavy (non-hydrogen) atoms. The van der Waals surface area contributed by atoms with Gasteiger partial charge in [0, 0.05) is 12.3 Å². The van der Waals surface area contributed by atoms with Crippen LogP contribution in [-0.2, 0) is 4.79 Å². The zero-order valence-electron chi connectivity index (χ0n) is 4.96. The molecule has 4 heteroatoms. The molecule has 2 nitrogen and oxygen atoms in total. The molecule has 0 atom stereocenters. The molecule has 0 aromatic carbocycles. The molecule has 0 radical (unpaired) electrons. The first-order chi connectivity index (χ1) is 4.29. The summed E-state index contributed by atoms with van der Waals surface area (Å²) in [7, 11) is 0. The molecule has 52 valence electrons. The molecule has 0 aliphatic heterocycles. The van der Waals surface area contributed by atoms with Gasteiger partial charge in [0.25, 0.3) is 0 Å². The molecule has 0 spiro atoms. The summed E-state index contributed by atoms with van der Waals surface area (Å²) in [5, 5.41) is 3.64. The van der Waals surface area contributed by atoms with Crippen molar-refractivity contribution < 1.29 is 9.53 Å². The van der Waals surface area contributed by atoms with Crippen molar-refractivity contribution in [2.75, 3.05) is 0 Å². The van der Waals surface area contributed by atoms with Gasteiger partial charge in [-0.25, -0.2) is 0 Å². The summed E-state index contributed by atoms with van der Waals surface area (Å²) in [4.78, 5) is 10.3. The van der Waals surface area contributed by atoms with Crippen LogP contribution in [0.2, 0.25) is 0 Å². The molecule has 0 saturated carbocycles. The Morgan fingerprint density at radius 3 is 2.80 bits per heavy atom. The Balaban J connectivity index is 0.000000810. The average Bonchev–Trinajstić information content (AvgIpc) is 2.15. The van der Waals surface area contributed by atoms with E-state index in [0.717, 1.165) is 0 Å². The summed E-state index contributed by atoms with van der Waals surface area (Å²) in [5.74, 6) is 0.362. The van der Waals surface area contributed by atoms with Gasteiger partial charge in [0.2, 0.25) is 0 Å². The molecule has 0 saturated heterocycles. The number of hydrogen-bond donors (Lipinski definition) is 0. The van der Waals surface area contributed by atoms with Gasteiger partial charge in [-0.05, 0) is 11.4 Å². The average molecular weight is 232 g/mol. The summed E-state index contributed by atoms with van der Waals surface area (Å²) >= 11 is 1.50. The maximum absolute atomic E-state index is 10.3. The second-order valence-corrected chi connectivity index (χ2v) is 2.33. The van der Waals surface area contributed by atoms with E-state index in [0.29, 0.717) is 5.75 Å². The van der Waals surface area contributed by atoms with Crippen LogP contribution in [0.15, 0.2) is 16.8 Å². The number of esters is 1. The van der Waals surface area contributed by atoms with Crippen LogP contribution < -0.4 is 4.74 Å². The summed E-state index contributed by atoms with van der Waals surface area (Å²) < 4.78 is 4.73. The monoisotopic (exact) mass is 232 g/mol. The quantitative estimate of drug-likeness (QED) is 0.527. The zero-order chi connectivity index (χ0) is 6.69. The fourth-order valence-corrected chi connectivity index (χ4v) is 1.03. The van der Waals surface area contributed by atoms with Gasteiger partial charge in [-0.1, -0.05) is 0 Å². The fourth-order valence-electron chi connectivity index (χ4n) is 0.476. The van der Waals surface area contributed by atoms with Crippen molar-refractivity contribution in [3.63, 3.8) is 0 Å². The first-order valence-corrected chi connectivity index (χ1v) is 3.44. The number of carbonyl (C=O) groups is 1. The van der Waals surface area contributed by atoms with E-state index in [1.54, 1.807) is 11.4 Å². The third kappa shape index (κ3) is 3.73. The van der Waals surface area contributed by atoms with Crippen molar-refractivity contribution in [2.24, 2.45) is 0 Å². The molecule has 1 rings (SSSR count). The molecule has 0 bridgehead atoms. The molecular weight excluding hydrogens is 224 g/mol. The Morgan fingerprint density at radius 1 is 1.70 bits per heavy atom. The topological polar surface area (TPSA) is 26.3 Å². The Kier molecular flexibility index (Phi) is 5.67. The predicted octanol–water partition coefficient (Wildman–Crippen LogP) is 0.757. The van der Waals surface area contributed by atoms with Gasteiger partial charge in [0.05, 0.1) is 0 Å². The number of thiophene rings is 1. The Hall–Kier alpha value is 0.651. The van der Waals surface area contributed by atoms with E-state index in [-0.39, 0.29) is 51.5 Å². The molecule has 0 N–H and O–H groups in total. The molecule has 0 fully saturated rings. The molecule has 1 aromatic heterocycles. The van der Waals surface area contributed by atoms with E-state index < -0.39 is 0 Å². The maximum atomic E-state index is 10.3. The molecule has 0 amide bonds. The summed E-state index contributed by atoms with van der Waals surface area (Å²) in [6.07, 6.45) is 0. The molecule has 1 heterocycles. The second-order valence-electron chi connectivity index (χ2n) is 1.55. The first-order valence-electron chi connectivity index (χ1n) is 2.49. The van der Waals surface area contributed by atoms with E-state index >= 15 is 0 Å². The van der Waals surface area contributed by atoms with Gasteiger partial charge in [-0.3, -0.25) is 4.79 Å². The molecule has 0 aliphatic rings. The van der Waals surface area contributed by atoms with Crippen molar-refractivity contribution in [3.8, 4) is 5.75 Å². The minimum atomic E-state index is -0.270. The van der Waals surface area contributed by atoms with Crippen LogP contribution in [-0.4, -0.2) is 51.5 Å². The Morgan fingerprint density at radius 2 is 2.40 bits per heavy atom. The van der Waals surface area contributed by atoms with Gasteiger partial charge in [0.15, 0.2) is 0 Å². The van der Waals surface area contributed by atoms with Crippen LogP contribution >= 0.6 is 11.3 Å². The van der Waals surface area contributed by atoms with Crippen LogP contribution in [0.4, 0.5) is 0 Å². The standard InChI is InChI=1S/C6H6O2S.Sr.2H/c1-5(7)8-6-2-3-9-4-6;;;/h2-4H,1H3;;;. The Labute approximate surface area is 100 Å². The predicted molar refractivity (Wildman–Crippen MR) is 44.2 cm³/mol. The van der Waals surface area contributed by atoms with Crippen molar-refractivity contribution in [2.45, 2.75) is 6.92 Å². The molecular formula is C6H8O2SSr. The van der Waals surface area contributed by atoms with Gasteiger partial charge in [-0.2, -0.15) is 0 Å². The Bertz CT molecular complexity index is 196. The van der Waals surface area contributed by atoms with Gasteiger partial charge < -0.3 is 4.74 Å². The van der Waals surface area contributed by atoms with Crippen LogP contribution in [0.25, 0.3) is 0 Å². The van der Waals surface area contributed by atoms with Crippen LogP contribution in [0, 0.1) is 0 Å². The number of rotatable bonds is 1. The fraction of sp³-hybridized carbons (Fsp3) is 0.167. The van der Waals surface area contributed by atoms with Crippen molar-refractivity contribution in [1.82, 2.24) is 0 Å². The van der Waals surface area contributed by atoms with Crippen LogP contribution in [0.5, 0.6) is 5.75 Å². The van der Waals surface area contributed by atoms with E-state index in [1.165, 1.54) is 18.3 Å². The third-order valence-electron chi connectivity index (χ3n) is 0.757. The molecule has 1 aromatic rings. The van der Waals surface area contributed by atoms with E-state index in [1.807, 2.05) is 5.38 Å². The summed E-state index contributed by atoms with van der Waals surface area (Å²) in [6.45, 7) is 1.39. The molecule has 0 aliphatic carbocycles. The normalized spacial score (nSPS) is 8.10. The third-order valence-corrected chi connectivity index (χ3v) is 1.42. The van der Waals surface area contributed by atoms with Gasteiger partial charge in [0.1, 0.15) is 5.75 Å². The van der Waals surface area contributed by atoms with E-state index in [9.17, 15) is 4.79 Å². The van der Waals surface area contributed by atoms with Crippen LogP contribution in [0.3, 0.4) is 0 Å². The zero-order valence-corrected chi connectivity index (χ0v) is 5.77. The van der Waals surface area contributed by atoms with Gasteiger partial charge >= 0.3 is 51.5 Å². The van der Waals surface area contributed by atoms with E-state index in [2.05, 4.69) is 0 Å². The van der Waals surface area contributed by atoms with Crippen molar-refractivity contribution >= 4 is 62.8 Å². The summed E-state index contributed by atoms with van der Waals surface area (Å²) in [5.41, 5.74) is 0.